The molecule has 0 spiro atoms. The van der Waals surface area contributed by atoms with Crippen molar-refractivity contribution >= 4 is 11.6 Å². The van der Waals surface area contributed by atoms with Gasteiger partial charge in [0.15, 0.2) is 0 Å². The minimum Gasteiger partial charge on any atom is -0.367 e. The van der Waals surface area contributed by atoms with Crippen LogP contribution in [-0.4, -0.2) is 19.1 Å². The third-order valence-corrected chi connectivity index (χ3v) is 3.66. The van der Waals surface area contributed by atoms with E-state index < -0.39 is 0 Å². The third-order valence-electron chi connectivity index (χ3n) is 3.66. The first-order valence-electron chi connectivity index (χ1n) is 9.40. The molecule has 2 aromatic rings. The number of benzene rings is 2. The van der Waals surface area contributed by atoms with E-state index in [0.29, 0.717) is 6.61 Å². The number of hydrogen-bond acceptors (Lipinski definition) is 3. The van der Waals surface area contributed by atoms with Crippen LogP contribution in [0.2, 0.25) is 0 Å². The van der Waals surface area contributed by atoms with E-state index in [4.69, 9.17) is 10.5 Å². The molecule has 4 heteroatoms. The molecule has 0 aliphatic rings. The van der Waals surface area contributed by atoms with E-state index in [-0.39, 0.29) is 12.5 Å². The lowest BCUT2D eigenvalue weighted by molar-refractivity contribution is -0.121. The zero-order chi connectivity index (χ0) is 19.0. The van der Waals surface area contributed by atoms with Crippen LogP contribution >= 0.6 is 0 Å². The Morgan fingerprint density at radius 1 is 1.00 bits per heavy atom. The van der Waals surface area contributed by atoms with Crippen molar-refractivity contribution in [1.82, 2.24) is 0 Å². The second-order valence-electron chi connectivity index (χ2n) is 6.12. The van der Waals surface area contributed by atoms with Crippen molar-refractivity contribution in [3.63, 3.8) is 0 Å². The first-order valence-corrected chi connectivity index (χ1v) is 9.40. The molecular formula is C22H32N2O2. The molecule has 0 fully saturated rings. The van der Waals surface area contributed by atoms with Crippen LogP contribution in [0, 0.1) is 0 Å². The summed E-state index contributed by atoms with van der Waals surface area (Å²) in [6.07, 6.45) is 4.48. The highest BCUT2D eigenvalue weighted by Crippen LogP contribution is 2.13. The minimum atomic E-state index is -0.122. The summed E-state index contributed by atoms with van der Waals surface area (Å²) in [5, 5.41) is 2.88. The number of carbonyl (C=O) groups excluding carboxylic acids is 1. The van der Waals surface area contributed by atoms with Gasteiger partial charge in [0.1, 0.15) is 6.61 Å². The Balaban J connectivity index is 0.000000765. The van der Waals surface area contributed by atoms with Crippen LogP contribution in [-0.2, 0) is 22.6 Å². The summed E-state index contributed by atoms with van der Waals surface area (Å²) in [5.74, 6) is -0.122. The maximum atomic E-state index is 11.9. The Morgan fingerprint density at radius 2 is 1.69 bits per heavy atom. The molecule has 0 atom stereocenters. The Bertz CT molecular complexity index is 613. The molecule has 0 radical (unpaired) electrons. The Hall–Kier alpha value is -2.17. The van der Waals surface area contributed by atoms with Gasteiger partial charge in [-0.1, -0.05) is 62.7 Å². The predicted molar refractivity (Wildman–Crippen MR) is 109 cm³/mol. The van der Waals surface area contributed by atoms with Gasteiger partial charge in [0.05, 0.1) is 6.61 Å². The molecule has 0 aliphatic carbocycles. The second-order valence-corrected chi connectivity index (χ2v) is 6.12. The molecule has 4 nitrogen and oxygen atoms in total. The quantitative estimate of drug-likeness (QED) is 0.693. The number of nitrogens with two attached hydrogens (primary N) is 1. The van der Waals surface area contributed by atoms with Crippen molar-refractivity contribution in [2.75, 3.05) is 18.5 Å². The molecule has 3 N–H and O–H groups in total. The largest absolute Gasteiger partial charge is 0.367 e. The smallest absolute Gasteiger partial charge is 0.250 e. The summed E-state index contributed by atoms with van der Waals surface area (Å²) in [5.41, 5.74) is 8.18. The number of ether oxygens (including phenoxy) is 1. The number of anilines is 1. The fraction of sp³-hybridized carbons (Fsp3) is 0.409. The highest BCUT2D eigenvalue weighted by Gasteiger charge is 2.03. The average molecular weight is 357 g/mol. The summed E-state index contributed by atoms with van der Waals surface area (Å²) in [7, 11) is 0. The summed E-state index contributed by atoms with van der Waals surface area (Å²) < 4.78 is 5.44. The number of carbonyl (C=O) groups is 1. The molecule has 0 unspecified atom stereocenters. The maximum Gasteiger partial charge on any atom is 0.250 e. The number of aryl methyl sites for hydroxylation is 1. The number of amides is 1. The second kappa shape index (κ2) is 14.0. The summed E-state index contributed by atoms with van der Waals surface area (Å²) in [4.78, 5) is 11.9. The summed E-state index contributed by atoms with van der Waals surface area (Å²) >= 11 is 0. The number of nitrogens with one attached hydrogen (secondary N) is 1. The molecule has 0 bridgehead atoms. The molecule has 0 saturated heterocycles. The monoisotopic (exact) mass is 356 g/mol. The molecule has 0 saturated carbocycles. The van der Waals surface area contributed by atoms with E-state index in [1.807, 2.05) is 48.5 Å². The van der Waals surface area contributed by atoms with E-state index in [2.05, 4.69) is 25.2 Å². The Kier molecular flexibility index (Phi) is 11.8. The van der Waals surface area contributed by atoms with Crippen LogP contribution in [0.4, 0.5) is 5.69 Å². The average Bonchev–Trinajstić information content (AvgIpc) is 2.67. The van der Waals surface area contributed by atoms with Gasteiger partial charge in [-0.05, 0) is 49.1 Å². The molecule has 2 aromatic carbocycles. The SMILES string of the molecule is CCCCc1cccc(NC(=O)COCc2ccccc2)c1.CCCN. The van der Waals surface area contributed by atoms with Gasteiger partial charge in [0.2, 0.25) is 5.91 Å². The van der Waals surface area contributed by atoms with E-state index in [1.54, 1.807) is 0 Å². The van der Waals surface area contributed by atoms with Gasteiger partial charge in [-0.3, -0.25) is 4.79 Å². The van der Waals surface area contributed by atoms with Gasteiger partial charge in [-0.25, -0.2) is 0 Å². The molecule has 2 rings (SSSR count). The molecule has 1 amide bonds. The van der Waals surface area contributed by atoms with Gasteiger partial charge in [-0.2, -0.15) is 0 Å². The van der Waals surface area contributed by atoms with Gasteiger partial charge >= 0.3 is 0 Å². The van der Waals surface area contributed by atoms with Crippen molar-refractivity contribution < 1.29 is 9.53 Å². The number of rotatable bonds is 9. The van der Waals surface area contributed by atoms with Crippen molar-refractivity contribution in [3.8, 4) is 0 Å². The number of unbranched alkanes of at least 4 members (excludes halogenated alkanes) is 1. The van der Waals surface area contributed by atoms with E-state index in [9.17, 15) is 4.79 Å². The highest BCUT2D eigenvalue weighted by atomic mass is 16.5. The minimum absolute atomic E-state index is 0.0636. The normalized spacial score (nSPS) is 9.96. The van der Waals surface area contributed by atoms with Crippen LogP contribution in [0.15, 0.2) is 54.6 Å². The number of hydrogen-bond donors (Lipinski definition) is 2. The lowest BCUT2D eigenvalue weighted by Crippen LogP contribution is -2.18. The van der Waals surface area contributed by atoms with Crippen molar-refractivity contribution in [1.29, 1.82) is 0 Å². The van der Waals surface area contributed by atoms with Crippen LogP contribution in [0.5, 0.6) is 0 Å². The third kappa shape index (κ3) is 9.97. The first kappa shape index (κ1) is 21.9. The van der Waals surface area contributed by atoms with Gasteiger partial charge in [0.25, 0.3) is 0 Å². The van der Waals surface area contributed by atoms with Gasteiger partial charge in [-0.15, -0.1) is 0 Å². The zero-order valence-electron chi connectivity index (χ0n) is 16.0. The highest BCUT2D eigenvalue weighted by molar-refractivity contribution is 5.91. The van der Waals surface area contributed by atoms with Crippen LogP contribution < -0.4 is 11.1 Å². The van der Waals surface area contributed by atoms with Crippen LogP contribution in [0.25, 0.3) is 0 Å². The Morgan fingerprint density at radius 3 is 2.35 bits per heavy atom. The molecule has 0 aromatic heterocycles. The van der Waals surface area contributed by atoms with E-state index in [0.717, 1.165) is 37.1 Å². The molecule has 142 valence electrons. The topological polar surface area (TPSA) is 64.3 Å². The zero-order valence-corrected chi connectivity index (χ0v) is 16.0. The standard InChI is InChI=1S/C19H23NO2.C3H9N/c1-2-3-8-16-11-7-12-18(13-16)20-19(21)15-22-14-17-9-5-4-6-10-17;1-2-3-4/h4-7,9-13H,2-3,8,14-15H2,1H3,(H,20,21);2-4H2,1H3. The summed E-state index contributed by atoms with van der Waals surface area (Å²) in [6.45, 7) is 5.56. The van der Waals surface area contributed by atoms with Crippen molar-refractivity contribution in [2.24, 2.45) is 5.73 Å². The predicted octanol–water partition coefficient (Wildman–Crippen LogP) is 4.54. The van der Waals surface area contributed by atoms with E-state index >= 15 is 0 Å². The van der Waals surface area contributed by atoms with Crippen LogP contribution in [0.3, 0.4) is 0 Å². The van der Waals surface area contributed by atoms with E-state index in [1.165, 1.54) is 12.0 Å². The summed E-state index contributed by atoms with van der Waals surface area (Å²) in [6, 6.07) is 17.9. The lowest BCUT2D eigenvalue weighted by atomic mass is 10.1. The first-order chi connectivity index (χ1) is 12.7. The molecule has 0 heterocycles. The molecule has 0 aliphatic heterocycles. The van der Waals surface area contributed by atoms with Crippen molar-refractivity contribution in [2.45, 2.75) is 46.1 Å². The Labute approximate surface area is 157 Å². The molecule has 26 heavy (non-hydrogen) atoms. The fourth-order valence-corrected chi connectivity index (χ4v) is 2.22. The van der Waals surface area contributed by atoms with Gasteiger partial charge < -0.3 is 15.8 Å². The molecular weight excluding hydrogens is 324 g/mol. The van der Waals surface area contributed by atoms with Gasteiger partial charge in [0, 0.05) is 5.69 Å². The van der Waals surface area contributed by atoms with Crippen molar-refractivity contribution in [3.05, 3.63) is 65.7 Å². The maximum absolute atomic E-state index is 11.9. The fourth-order valence-electron chi connectivity index (χ4n) is 2.22. The van der Waals surface area contributed by atoms with Crippen LogP contribution in [0.1, 0.15) is 44.2 Å². The lowest BCUT2D eigenvalue weighted by Gasteiger charge is -2.08.